The van der Waals surface area contributed by atoms with Crippen LogP contribution in [0.3, 0.4) is 0 Å². The van der Waals surface area contributed by atoms with Gasteiger partial charge in [-0.3, -0.25) is 11.3 Å². The van der Waals surface area contributed by atoms with E-state index in [-0.39, 0.29) is 5.60 Å². The maximum Gasteiger partial charge on any atom is 0.0640 e. The third-order valence-electron chi connectivity index (χ3n) is 2.61. The van der Waals surface area contributed by atoms with Crippen LogP contribution >= 0.6 is 0 Å². The van der Waals surface area contributed by atoms with Crippen molar-refractivity contribution in [3.63, 3.8) is 0 Å². The number of nitrogens with one attached hydrogen (secondary N) is 1. The molecule has 0 aliphatic heterocycles. The monoisotopic (exact) mass is 230 g/mol. The van der Waals surface area contributed by atoms with Crippen LogP contribution in [0.15, 0.2) is 0 Å². The first-order valence-corrected chi connectivity index (χ1v) is 6.59. The highest BCUT2D eigenvalue weighted by Gasteiger charge is 2.14. The molecule has 0 bridgehead atoms. The van der Waals surface area contributed by atoms with E-state index < -0.39 is 0 Å². The summed E-state index contributed by atoms with van der Waals surface area (Å²) in [6.45, 7) is 9.15. The second-order valence-corrected chi connectivity index (χ2v) is 5.49. The predicted molar refractivity (Wildman–Crippen MR) is 70.2 cm³/mol. The molecule has 0 spiro atoms. The number of hydrogen-bond acceptors (Lipinski definition) is 3. The number of hydrazine groups is 1. The summed E-state index contributed by atoms with van der Waals surface area (Å²) in [5.41, 5.74) is 2.77. The molecule has 0 saturated carbocycles. The Labute approximate surface area is 101 Å². The normalized spacial score (nSPS) is 14.1. The third-order valence-corrected chi connectivity index (χ3v) is 2.61. The van der Waals surface area contributed by atoms with E-state index in [4.69, 9.17) is 10.6 Å². The van der Waals surface area contributed by atoms with Gasteiger partial charge in [-0.2, -0.15) is 0 Å². The van der Waals surface area contributed by atoms with Crippen LogP contribution in [0.4, 0.5) is 0 Å². The Hall–Kier alpha value is -0.120. The molecule has 0 rings (SSSR count). The minimum Gasteiger partial charge on any atom is -0.374 e. The van der Waals surface area contributed by atoms with Crippen molar-refractivity contribution >= 4 is 0 Å². The van der Waals surface area contributed by atoms with Gasteiger partial charge in [0.2, 0.25) is 0 Å². The average Bonchev–Trinajstić information content (AvgIpc) is 2.21. The molecule has 3 N–H and O–H groups in total. The fourth-order valence-corrected chi connectivity index (χ4v) is 1.56. The summed E-state index contributed by atoms with van der Waals surface area (Å²) in [6, 6.07) is 0.292. The highest BCUT2D eigenvalue weighted by Crippen LogP contribution is 2.11. The molecular weight excluding hydrogens is 200 g/mol. The largest absolute Gasteiger partial charge is 0.374 e. The molecule has 0 aliphatic carbocycles. The molecule has 1 atom stereocenters. The molecule has 3 heteroatoms. The zero-order valence-electron chi connectivity index (χ0n) is 11.5. The van der Waals surface area contributed by atoms with Gasteiger partial charge in [-0.15, -0.1) is 0 Å². The highest BCUT2D eigenvalue weighted by molar-refractivity contribution is 4.66. The van der Waals surface area contributed by atoms with Crippen LogP contribution in [0.2, 0.25) is 0 Å². The second-order valence-electron chi connectivity index (χ2n) is 5.49. The van der Waals surface area contributed by atoms with Crippen molar-refractivity contribution in [1.29, 1.82) is 0 Å². The smallest absolute Gasteiger partial charge is 0.0640 e. The van der Waals surface area contributed by atoms with Crippen LogP contribution < -0.4 is 11.3 Å². The Morgan fingerprint density at radius 3 is 2.25 bits per heavy atom. The van der Waals surface area contributed by atoms with Crippen LogP contribution in [0.5, 0.6) is 0 Å². The number of unbranched alkanes of at least 4 members (excludes halogenated alkanes) is 4. The van der Waals surface area contributed by atoms with Crippen LogP contribution in [0, 0.1) is 0 Å². The molecule has 0 heterocycles. The fraction of sp³-hybridized carbons (Fsp3) is 1.00. The summed E-state index contributed by atoms with van der Waals surface area (Å²) in [5, 5.41) is 0. The van der Waals surface area contributed by atoms with Gasteiger partial charge >= 0.3 is 0 Å². The minimum absolute atomic E-state index is 0.0721. The molecule has 0 fully saturated rings. The molecule has 16 heavy (non-hydrogen) atoms. The zero-order chi connectivity index (χ0) is 12.4. The summed E-state index contributed by atoms with van der Waals surface area (Å²) in [5.74, 6) is 5.51. The van der Waals surface area contributed by atoms with E-state index in [1.54, 1.807) is 0 Å². The van der Waals surface area contributed by atoms with Crippen LogP contribution in [0.25, 0.3) is 0 Å². The number of hydrogen-bond donors (Lipinski definition) is 2. The lowest BCUT2D eigenvalue weighted by Crippen LogP contribution is -2.40. The molecule has 0 radical (unpaired) electrons. The second kappa shape index (κ2) is 8.97. The molecule has 0 aliphatic rings. The van der Waals surface area contributed by atoms with Gasteiger partial charge in [-0.05, 0) is 27.2 Å². The maximum absolute atomic E-state index is 5.72. The first-order chi connectivity index (χ1) is 7.49. The van der Waals surface area contributed by atoms with Gasteiger partial charge in [0.05, 0.1) is 12.2 Å². The lowest BCUT2D eigenvalue weighted by atomic mass is 10.1. The third kappa shape index (κ3) is 10.4. The Morgan fingerprint density at radius 1 is 1.12 bits per heavy atom. The van der Waals surface area contributed by atoms with Gasteiger partial charge in [0, 0.05) is 6.04 Å². The number of ether oxygens (including phenoxy) is 1. The van der Waals surface area contributed by atoms with Crippen LogP contribution in [0.1, 0.15) is 66.2 Å². The predicted octanol–water partition coefficient (Wildman–Crippen LogP) is 2.99. The van der Waals surface area contributed by atoms with Crippen LogP contribution in [-0.4, -0.2) is 18.2 Å². The Morgan fingerprint density at radius 2 is 1.75 bits per heavy atom. The summed E-state index contributed by atoms with van der Waals surface area (Å²) in [4.78, 5) is 0. The van der Waals surface area contributed by atoms with E-state index >= 15 is 0 Å². The SMILES string of the molecule is CCCCCCCC(COC(C)(C)C)NN. The summed E-state index contributed by atoms with van der Waals surface area (Å²) in [6.07, 6.45) is 7.64. The molecule has 0 aromatic carbocycles. The van der Waals surface area contributed by atoms with Gasteiger partial charge in [0.25, 0.3) is 0 Å². The molecule has 0 amide bonds. The van der Waals surface area contributed by atoms with Gasteiger partial charge in [-0.1, -0.05) is 39.0 Å². The highest BCUT2D eigenvalue weighted by atomic mass is 16.5. The van der Waals surface area contributed by atoms with E-state index in [9.17, 15) is 0 Å². The lowest BCUT2D eigenvalue weighted by Gasteiger charge is -2.24. The summed E-state index contributed by atoms with van der Waals surface area (Å²) >= 11 is 0. The lowest BCUT2D eigenvalue weighted by molar-refractivity contribution is -0.0156. The van der Waals surface area contributed by atoms with Gasteiger partial charge in [-0.25, -0.2) is 0 Å². The Kier molecular flexibility index (Phi) is 8.90. The minimum atomic E-state index is -0.0721. The van der Waals surface area contributed by atoms with Crippen molar-refractivity contribution in [3.8, 4) is 0 Å². The van der Waals surface area contributed by atoms with Crippen molar-refractivity contribution in [2.75, 3.05) is 6.61 Å². The molecule has 98 valence electrons. The molecule has 1 unspecified atom stereocenters. The van der Waals surface area contributed by atoms with E-state index in [0.717, 1.165) is 6.42 Å². The van der Waals surface area contributed by atoms with E-state index in [2.05, 4.69) is 33.1 Å². The average molecular weight is 230 g/mol. The van der Waals surface area contributed by atoms with Crippen molar-refractivity contribution < 1.29 is 4.74 Å². The van der Waals surface area contributed by atoms with Crippen molar-refractivity contribution in [3.05, 3.63) is 0 Å². The molecule has 0 saturated heterocycles. The topological polar surface area (TPSA) is 47.3 Å². The van der Waals surface area contributed by atoms with Gasteiger partial charge < -0.3 is 4.74 Å². The molecule has 3 nitrogen and oxygen atoms in total. The van der Waals surface area contributed by atoms with Crippen molar-refractivity contribution in [2.45, 2.75) is 77.9 Å². The van der Waals surface area contributed by atoms with Crippen molar-refractivity contribution in [1.82, 2.24) is 5.43 Å². The zero-order valence-corrected chi connectivity index (χ0v) is 11.5. The first-order valence-electron chi connectivity index (χ1n) is 6.59. The summed E-state index contributed by atoms with van der Waals surface area (Å²) in [7, 11) is 0. The molecular formula is C13H30N2O. The van der Waals surface area contributed by atoms with E-state index in [1.807, 2.05) is 0 Å². The summed E-state index contributed by atoms with van der Waals surface area (Å²) < 4.78 is 5.72. The Bertz CT molecular complexity index is 155. The first kappa shape index (κ1) is 15.9. The van der Waals surface area contributed by atoms with Crippen molar-refractivity contribution in [2.24, 2.45) is 5.84 Å². The van der Waals surface area contributed by atoms with Crippen LogP contribution in [-0.2, 0) is 4.74 Å². The van der Waals surface area contributed by atoms with E-state index in [1.165, 1.54) is 32.1 Å². The van der Waals surface area contributed by atoms with Gasteiger partial charge in [0.1, 0.15) is 0 Å². The standard InChI is InChI=1S/C13H30N2O/c1-5-6-7-8-9-10-12(15-14)11-16-13(2,3)4/h12,15H,5-11,14H2,1-4H3. The quantitative estimate of drug-likeness (QED) is 0.364. The molecule has 0 aromatic rings. The Balaban J connectivity index is 3.52. The number of rotatable bonds is 9. The fourth-order valence-electron chi connectivity index (χ4n) is 1.56. The van der Waals surface area contributed by atoms with Gasteiger partial charge in [0.15, 0.2) is 0 Å². The van der Waals surface area contributed by atoms with E-state index in [0.29, 0.717) is 12.6 Å². The molecule has 0 aromatic heterocycles. The number of nitrogens with two attached hydrogens (primary N) is 1. The maximum atomic E-state index is 5.72.